The Balaban J connectivity index is 2.38. The number of halogens is 3. The maximum Gasteiger partial charge on any atom is 0.406 e. The number of rotatable bonds is 5. The molecular formula is C16H13F3O3S. The number of sulfone groups is 1. The van der Waals surface area contributed by atoms with E-state index < -0.39 is 38.4 Å². The van der Waals surface area contributed by atoms with Gasteiger partial charge in [-0.3, -0.25) is 4.79 Å². The van der Waals surface area contributed by atoms with Crippen LogP contribution in [0, 0.1) is 0 Å². The fraction of sp³-hybridized carbons (Fsp3) is 0.188. The molecule has 1 unspecified atom stereocenters. The molecule has 0 N–H and O–H groups in total. The molecule has 2 aromatic rings. The second-order valence-electron chi connectivity index (χ2n) is 4.88. The second kappa shape index (κ2) is 6.54. The van der Waals surface area contributed by atoms with Gasteiger partial charge < -0.3 is 0 Å². The van der Waals surface area contributed by atoms with Gasteiger partial charge in [0.2, 0.25) is 0 Å². The van der Waals surface area contributed by atoms with Gasteiger partial charge in [0, 0.05) is 12.0 Å². The van der Waals surface area contributed by atoms with Crippen molar-refractivity contribution >= 4 is 15.6 Å². The van der Waals surface area contributed by atoms with Crippen LogP contribution in [0.2, 0.25) is 0 Å². The van der Waals surface area contributed by atoms with Gasteiger partial charge in [0.05, 0.1) is 4.90 Å². The molecule has 0 aliphatic heterocycles. The monoisotopic (exact) mass is 342 g/mol. The predicted octanol–water partition coefficient (Wildman–Crippen LogP) is 3.66. The first-order valence-corrected chi connectivity index (χ1v) is 8.21. The summed E-state index contributed by atoms with van der Waals surface area (Å²) in [7, 11) is -4.71. The molecule has 122 valence electrons. The number of benzene rings is 2. The molecule has 0 spiro atoms. The Hall–Kier alpha value is -2.15. The normalized spacial score (nSPS) is 13.5. The number of ketones is 1. The minimum Gasteiger partial charge on any atom is -0.294 e. The molecule has 7 heteroatoms. The summed E-state index contributed by atoms with van der Waals surface area (Å²) in [6.07, 6.45) is -6.19. The second-order valence-corrected chi connectivity index (χ2v) is 7.01. The van der Waals surface area contributed by atoms with Crippen molar-refractivity contribution in [3.05, 3.63) is 66.2 Å². The van der Waals surface area contributed by atoms with Crippen LogP contribution in [-0.2, 0) is 9.84 Å². The van der Waals surface area contributed by atoms with Crippen LogP contribution in [0.15, 0.2) is 65.6 Å². The van der Waals surface area contributed by atoms with E-state index in [1.54, 1.807) is 6.07 Å². The van der Waals surface area contributed by atoms with Crippen molar-refractivity contribution in [2.45, 2.75) is 22.7 Å². The predicted molar refractivity (Wildman–Crippen MR) is 78.9 cm³/mol. The zero-order chi connectivity index (χ0) is 17.1. The molecule has 2 rings (SSSR count). The van der Waals surface area contributed by atoms with Crippen molar-refractivity contribution in [1.29, 1.82) is 0 Å². The first kappa shape index (κ1) is 17.2. The molecule has 0 aromatic heterocycles. The Bertz CT molecular complexity index is 769. The van der Waals surface area contributed by atoms with Gasteiger partial charge in [-0.2, -0.15) is 13.2 Å². The summed E-state index contributed by atoms with van der Waals surface area (Å²) < 4.78 is 64.3. The molecule has 0 aliphatic carbocycles. The van der Waals surface area contributed by atoms with Crippen LogP contribution in [0.4, 0.5) is 13.2 Å². The Labute approximate surface area is 131 Å². The standard InChI is InChI=1S/C16H13F3O3S/c17-16(18,19)15(11-14(20)12-7-3-1-4-8-12)23(21,22)13-9-5-2-6-10-13/h1-10,15H,11H2. The third kappa shape index (κ3) is 3.98. The highest BCUT2D eigenvalue weighted by atomic mass is 32.2. The van der Waals surface area contributed by atoms with Gasteiger partial charge in [0.15, 0.2) is 20.9 Å². The first-order valence-electron chi connectivity index (χ1n) is 6.67. The number of carbonyl (C=O) groups excluding carboxylic acids is 1. The summed E-state index contributed by atoms with van der Waals surface area (Å²) in [5.41, 5.74) is 0.0463. The van der Waals surface area contributed by atoms with Crippen LogP contribution in [0.25, 0.3) is 0 Å². The smallest absolute Gasteiger partial charge is 0.294 e. The molecule has 0 fully saturated rings. The molecule has 1 atom stereocenters. The summed E-state index contributed by atoms with van der Waals surface area (Å²) in [6, 6.07) is 13.6. The maximum absolute atomic E-state index is 13.2. The molecule has 2 aromatic carbocycles. The zero-order valence-corrected chi connectivity index (χ0v) is 12.6. The summed E-state index contributed by atoms with van der Waals surface area (Å²) in [5, 5.41) is -2.77. The Morgan fingerprint density at radius 1 is 0.913 bits per heavy atom. The number of alkyl halides is 3. The van der Waals surface area contributed by atoms with E-state index in [0.29, 0.717) is 0 Å². The lowest BCUT2D eigenvalue weighted by molar-refractivity contribution is -0.129. The summed E-state index contributed by atoms with van der Waals surface area (Å²) in [4.78, 5) is 11.6. The lowest BCUT2D eigenvalue weighted by Crippen LogP contribution is -2.38. The minimum absolute atomic E-state index is 0.0463. The summed E-state index contributed by atoms with van der Waals surface area (Å²) in [6.45, 7) is 0. The summed E-state index contributed by atoms with van der Waals surface area (Å²) in [5.74, 6) is -0.868. The lowest BCUT2D eigenvalue weighted by atomic mass is 10.1. The molecule has 23 heavy (non-hydrogen) atoms. The minimum atomic E-state index is -5.04. The molecule has 0 saturated carbocycles. The lowest BCUT2D eigenvalue weighted by Gasteiger charge is -2.20. The number of hydrogen-bond donors (Lipinski definition) is 0. The summed E-state index contributed by atoms with van der Waals surface area (Å²) >= 11 is 0. The molecule has 0 radical (unpaired) electrons. The van der Waals surface area contributed by atoms with Crippen molar-refractivity contribution in [3.63, 3.8) is 0 Å². The Morgan fingerprint density at radius 3 is 1.87 bits per heavy atom. The van der Waals surface area contributed by atoms with Gasteiger partial charge in [-0.25, -0.2) is 8.42 Å². The zero-order valence-electron chi connectivity index (χ0n) is 11.8. The molecule has 0 amide bonds. The van der Waals surface area contributed by atoms with Crippen molar-refractivity contribution in [2.24, 2.45) is 0 Å². The van der Waals surface area contributed by atoms with Gasteiger partial charge in [0.25, 0.3) is 0 Å². The van der Waals surface area contributed by atoms with Crippen LogP contribution < -0.4 is 0 Å². The molecule has 3 nitrogen and oxygen atoms in total. The van der Waals surface area contributed by atoms with E-state index in [0.717, 1.165) is 12.1 Å². The molecule has 0 saturated heterocycles. The highest BCUT2D eigenvalue weighted by Crippen LogP contribution is 2.33. The Kier molecular flexibility index (Phi) is 4.89. The molecule has 0 aliphatic rings. The first-order chi connectivity index (χ1) is 10.7. The van der Waals surface area contributed by atoms with E-state index in [9.17, 15) is 26.4 Å². The van der Waals surface area contributed by atoms with Gasteiger partial charge in [0.1, 0.15) is 0 Å². The van der Waals surface area contributed by atoms with Gasteiger partial charge in [-0.15, -0.1) is 0 Å². The highest BCUT2D eigenvalue weighted by molar-refractivity contribution is 7.92. The fourth-order valence-corrected chi connectivity index (χ4v) is 3.67. The molecule has 0 bridgehead atoms. The SMILES string of the molecule is O=C(CC(C(F)(F)F)S(=O)(=O)c1ccccc1)c1ccccc1. The van der Waals surface area contributed by atoms with Crippen LogP contribution in [0.5, 0.6) is 0 Å². The fourth-order valence-electron chi connectivity index (χ4n) is 2.09. The molecular weight excluding hydrogens is 329 g/mol. The van der Waals surface area contributed by atoms with Crippen LogP contribution in [0.1, 0.15) is 16.8 Å². The van der Waals surface area contributed by atoms with E-state index in [-0.39, 0.29) is 5.56 Å². The Morgan fingerprint density at radius 2 is 1.39 bits per heavy atom. The van der Waals surface area contributed by atoms with Crippen LogP contribution in [0.3, 0.4) is 0 Å². The van der Waals surface area contributed by atoms with Crippen molar-refractivity contribution in [2.75, 3.05) is 0 Å². The quantitative estimate of drug-likeness (QED) is 0.779. The maximum atomic E-state index is 13.2. The van der Waals surface area contributed by atoms with Gasteiger partial charge in [-0.05, 0) is 12.1 Å². The third-order valence-electron chi connectivity index (χ3n) is 3.28. The van der Waals surface area contributed by atoms with Crippen molar-refractivity contribution in [3.8, 4) is 0 Å². The van der Waals surface area contributed by atoms with Crippen molar-refractivity contribution in [1.82, 2.24) is 0 Å². The molecule has 0 heterocycles. The van der Waals surface area contributed by atoms with E-state index >= 15 is 0 Å². The van der Waals surface area contributed by atoms with Crippen LogP contribution in [-0.4, -0.2) is 25.6 Å². The van der Waals surface area contributed by atoms with Crippen LogP contribution >= 0.6 is 0 Å². The highest BCUT2D eigenvalue weighted by Gasteiger charge is 2.50. The van der Waals surface area contributed by atoms with Gasteiger partial charge >= 0.3 is 6.18 Å². The largest absolute Gasteiger partial charge is 0.406 e. The topological polar surface area (TPSA) is 51.2 Å². The van der Waals surface area contributed by atoms with E-state index in [4.69, 9.17) is 0 Å². The number of hydrogen-bond acceptors (Lipinski definition) is 3. The number of Topliss-reactive ketones (excluding diaryl/α,β-unsaturated/α-hetero) is 1. The van der Waals surface area contributed by atoms with Crippen molar-refractivity contribution < 1.29 is 26.4 Å². The van der Waals surface area contributed by atoms with E-state index in [2.05, 4.69) is 0 Å². The third-order valence-corrected chi connectivity index (χ3v) is 5.39. The number of carbonyl (C=O) groups is 1. The van der Waals surface area contributed by atoms with E-state index in [1.807, 2.05) is 0 Å². The average molecular weight is 342 g/mol. The van der Waals surface area contributed by atoms with Gasteiger partial charge in [-0.1, -0.05) is 48.5 Å². The van der Waals surface area contributed by atoms with E-state index in [1.165, 1.54) is 42.5 Å². The average Bonchev–Trinajstić information content (AvgIpc) is 2.53.